The van der Waals surface area contributed by atoms with Gasteiger partial charge in [-0.25, -0.2) is 13.6 Å². The summed E-state index contributed by atoms with van der Waals surface area (Å²) in [4.78, 5) is 26.6. The van der Waals surface area contributed by atoms with E-state index in [1.165, 1.54) is 53.4 Å². The molecule has 1 aliphatic heterocycles. The normalized spacial score (nSPS) is 14.9. The number of carbonyl (C=O) groups excluding carboxylic acids is 2. The van der Waals surface area contributed by atoms with Gasteiger partial charge in [0, 0.05) is 0 Å². The molecule has 31 heavy (non-hydrogen) atoms. The number of thiocarbonyl (C=S) groups is 1. The maximum absolute atomic E-state index is 13.2. The molecule has 0 aliphatic carbocycles. The number of esters is 1. The summed E-state index contributed by atoms with van der Waals surface area (Å²) >= 11 is 6.45. The van der Waals surface area contributed by atoms with E-state index in [1.54, 1.807) is 30.3 Å². The van der Waals surface area contributed by atoms with Crippen molar-refractivity contribution in [2.45, 2.75) is 0 Å². The first-order chi connectivity index (χ1) is 14.9. The number of nitrogens with zero attached hydrogens (tertiary/aromatic N) is 1. The minimum atomic E-state index is -0.604. The van der Waals surface area contributed by atoms with Crippen molar-refractivity contribution in [1.29, 1.82) is 0 Å². The second-order valence-electron chi connectivity index (χ2n) is 6.46. The van der Waals surface area contributed by atoms with E-state index in [2.05, 4.69) is 0 Å². The molecule has 0 spiro atoms. The Bertz CT molecular complexity index is 1190. The predicted molar refractivity (Wildman–Crippen MR) is 120 cm³/mol. The lowest BCUT2D eigenvalue weighted by atomic mass is 10.2. The van der Waals surface area contributed by atoms with Crippen LogP contribution in [0, 0.1) is 11.6 Å². The lowest BCUT2D eigenvalue weighted by Gasteiger charge is -2.14. The summed E-state index contributed by atoms with van der Waals surface area (Å²) in [6.45, 7) is 0. The van der Waals surface area contributed by atoms with Crippen molar-refractivity contribution in [3.63, 3.8) is 0 Å². The minimum absolute atomic E-state index is 0.231. The van der Waals surface area contributed by atoms with Crippen LogP contribution in [0.5, 0.6) is 5.75 Å². The van der Waals surface area contributed by atoms with Crippen LogP contribution in [0.4, 0.5) is 14.5 Å². The highest BCUT2D eigenvalue weighted by atomic mass is 32.2. The van der Waals surface area contributed by atoms with E-state index >= 15 is 0 Å². The van der Waals surface area contributed by atoms with Crippen molar-refractivity contribution < 1.29 is 23.1 Å². The van der Waals surface area contributed by atoms with Crippen molar-refractivity contribution >= 4 is 51.9 Å². The van der Waals surface area contributed by atoms with E-state index in [-0.39, 0.29) is 11.5 Å². The SMILES string of the molecule is O=C(Oc1ccc(C=C2SC(=S)N(c3ccc(F)cc3)C2=O)cc1)c1ccc(F)cc1. The second-order valence-corrected chi connectivity index (χ2v) is 8.13. The molecule has 1 saturated heterocycles. The van der Waals surface area contributed by atoms with Gasteiger partial charge in [-0.05, 0) is 72.3 Å². The predicted octanol–water partition coefficient (Wildman–Crippen LogP) is 5.59. The summed E-state index contributed by atoms with van der Waals surface area (Å²) in [6, 6.07) is 17.1. The monoisotopic (exact) mass is 453 g/mol. The first-order valence-electron chi connectivity index (χ1n) is 9.02. The lowest BCUT2D eigenvalue weighted by molar-refractivity contribution is -0.113. The van der Waals surface area contributed by atoms with Gasteiger partial charge in [-0.15, -0.1) is 0 Å². The maximum Gasteiger partial charge on any atom is 0.343 e. The van der Waals surface area contributed by atoms with E-state index in [0.29, 0.717) is 26.2 Å². The summed E-state index contributed by atoms with van der Waals surface area (Å²) in [7, 11) is 0. The number of halogens is 2. The largest absolute Gasteiger partial charge is 0.423 e. The molecule has 8 heteroatoms. The fraction of sp³-hybridized carbons (Fsp3) is 0. The summed E-state index contributed by atoms with van der Waals surface area (Å²) in [6.07, 6.45) is 1.67. The molecular formula is C23H13F2NO3S2. The molecule has 4 nitrogen and oxygen atoms in total. The zero-order chi connectivity index (χ0) is 22.0. The summed E-state index contributed by atoms with van der Waals surface area (Å²) in [5, 5.41) is 0. The highest BCUT2D eigenvalue weighted by molar-refractivity contribution is 8.27. The number of carbonyl (C=O) groups is 2. The second kappa shape index (κ2) is 8.79. The van der Waals surface area contributed by atoms with Crippen LogP contribution in [0.3, 0.4) is 0 Å². The number of hydrogen-bond donors (Lipinski definition) is 0. The van der Waals surface area contributed by atoms with E-state index < -0.39 is 17.6 Å². The van der Waals surface area contributed by atoms with Gasteiger partial charge in [-0.2, -0.15) is 0 Å². The van der Waals surface area contributed by atoms with Crippen LogP contribution in [0.25, 0.3) is 6.08 Å². The first kappa shape index (κ1) is 20.9. The Morgan fingerprint density at radius 1 is 0.903 bits per heavy atom. The number of anilines is 1. The standard InChI is InChI=1S/C23H13F2NO3S2/c24-16-5-3-15(4-6-16)22(28)29-19-11-1-14(2-12-19)13-20-21(27)26(23(30)31-20)18-9-7-17(25)8-10-18/h1-13H. The number of rotatable bonds is 4. The topological polar surface area (TPSA) is 46.6 Å². The van der Waals surface area contributed by atoms with Gasteiger partial charge in [-0.1, -0.05) is 36.1 Å². The van der Waals surface area contributed by atoms with E-state index in [0.717, 1.165) is 11.8 Å². The molecule has 154 valence electrons. The maximum atomic E-state index is 13.2. The summed E-state index contributed by atoms with van der Waals surface area (Å²) < 4.78 is 31.8. The van der Waals surface area contributed by atoms with Crippen molar-refractivity contribution in [3.8, 4) is 5.75 Å². The van der Waals surface area contributed by atoms with Crippen molar-refractivity contribution in [3.05, 3.63) is 100 Å². The summed E-state index contributed by atoms with van der Waals surface area (Å²) in [5.74, 6) is -1.43. The molecule has 0 atom stereocenters. The van der Waals surface area contributed by atoms with E-state index in [4.69, 9.17) is 17.0 Å². The molecule has 1 fully saturated rings. The highest BCUT2D eigenvalue weighted by Crippen LogP contribution is 2.36. The molecule has 3 aromatic carbocycles. The first-order valence-corrected chi connectivity index (χ1v) is 10.2. The van der Waals surface area contributed by atoms with Gasteiger partial charge in [0.25, 0.3) is 5.91 Å². The fourth-order valence-electron chi connectivity index (χ4n) is 2.82. The molecule has 1 heterocycles. The number of benzene rings is 3. The molecule has 1 aliphatic rings. The van der Waals surface area contributed by atoms with E-state index in [1.807, 2.05) is 0 Å². The van der Waals surface area contributed by atoms with Crippen molar-refractivity contribution in [2.75, 3.05) is 4.90 Å². The Hall–Kier alpha value is -3.36. The molecule has 0 bridgehead atoms. The minimum Gasteiger partial charge on any atom is -0.423 e. The van der Waals surface area contributed by atoms with Gasteiger partial charge >= 0.3 is 5.97 Å². The van der Waals surface area contributed by atoms with Gasteiger partial charge in [-0.3, -0.25) is 9.69 Å². The van der Waals surface area contributed by atoms with Crippen LogP contribution in [-0.2, 0) is 4.79 Å². The quantitative estimate of drug-likeness (QED) is 0.223. The zero-order valence-corrected chi connectivity index (χ0v) is 17.4. The van der Waals surface area contributed by atoms with E-state index in [9.17, 15) is 18.4 Å². The third-order valence-corrected chi connectivity index (χ3v) is 5.65. The Morgan fingerprint density at radius 3 is 2.10 bits per heavy atom. The number of ether oxygens (including phenoxy) is 1. The van der Waals surface area contributed by atoms with Gasteiger partial charge in [0.1, 0.15) is 17.4 Å². The Labute approximate surface area is 186 Å². The van der Waals surface area contributed by atoms with Crippen LogP contribution < -0.4 is 9.64 Å². The Kier molecular flexibility index (Phi) is 5.92. The van der Waals surface area contributed by atoms with Gasteiger partial charge < -0.3 is 4.74 Å². The molecule has 3 aromatic rings. The van der Waals surface area contributed by atoms with Crippen LogP contribution in [0.15, 0.2) is 77.7 Å². The Balaban J connectivity index is 1.47. The molecule has 0 radical (unpaired) electrons. The molecular weight excluding hydrogens is 440 g/mol. The van der Waals surface area contributed by atoms with Gasteiger partial charge in [0.15, 0.2) is 4.32 Å². The van der Waals surface area contributed by atoms with Crippen molar-refractivity contribution in [1.82, 2.24) is 0 Å². The Morgan fingerprint density at radius 2 is 1.48 bits per heavy atom. The van der Waals surface area contributed by atoms with Crippen LogP contribution in [0.2, 0.25) is 0 Å². The third kappa shape index (κ3) is 4.70. The molecule has 0 saturated carbocycles. The lowest BCUT2D eigenvalue weighted by Crippen LogP contribution is -2.27. The van der Waals surface area contributed by atoms with Crippen LogP contribution >= 0.6 is 24.0 Å². The van der Waals surface area contributed by atoms with Gasteiger partial charge in [0.2, 0.25) is 0 Å². The summed E-state index contributed by atoms with van der Waals surface area (Å²) in [5.41, 5.74) is 1.44. The van der Waals surface area contributed by atoms with Gasteiger partial charge in [0.05, 0.1) is 16.2 Å². The van der Waals surface area contributed by atoms with Crippen LogP contribution in [0.1, 0.15) is 15.9 Å². The number of thioether (sulfide) groups is 1. The molecule has 0 aromatic heterocycles. The third-order valence-electron chi connectivity index (χ3n) is 4.35. The number of amides is 1. The smallest absolute Gasteiger partial charge is 0.343 e. The molecule has 0 N–H and O–H groups in total. The highest BCUT2D eigenvalue weighted by Gasteiger charge is 2.33. The molecule has 0 unspecified atom stereocenters. The molecule has 1 amide bonds. The van der Waals surface area contributed by atoms with Crippen LogP contribution in [-0.4, -0.2) is 16.2 Å². The average Bonchev–Trinajstić information content (AvgIpc) is 3.03. The fourth-order valence-corrected chi connectivity index (χ4v) is 4.11. The molecule has 4 rings (SSSR count). The van der Waals surface area contributed by atoms with Crippen molar-refractivity contribution in [2.24, 2.45) is 0 Å². The number of hydrogen-bond acceptors (Lipinski definition) is 5. The average molecular weight is 453 g/mol. The zero-order valence-electron chi connectivity index (χ0n) is 15.7.